The van der Waals surface area contributed by atoms with E-state index in [1.807, 2.05) is 0 Å². The predicted molar refractivity (Wildman–Crippen MR) is 82.2 cm³/mol. The van der Waals surface area contributed by atoms with Gasteiger partial charge in [0.15, 0.2) is 0 Å². The number of anilines is 1. The fraction of sp³-hybridized carbons (Fsp3) is 0.294. The third-order valence-electron chi connectivity index (χ3n) is 4.53. The molecule has 5 nitrogen and oxygen atoms in total. The van der Waals surface area contributed by atoms with Crippen LogP contribution in [0.3, 0.4) is 0 Å². The number of amides is 1. The molecule has 0 unspecified atom stereocenters. The van der Waals surface area contributed by atoms with Crippen LogP contribution in [0.1, 0.15) is 34.7 Å². The van der Waals surface area contributed by atoms with Gasteiger partial charge in [-0.2, -0.15) is 13.2 Å². The number of aromatic nitrogens is 2. The highest BCUT2D eigenvalue weighted by Gasteiger charge is 2.38. The molecule has 0 saturated heterocycles. The van der Waals surface area contributed by atoms with Crippen molar-refractivity contribution in [1.29, 1.82) is 0 Å². The summed E-state index contributed by atoms with van der Waals surface area (Å²) in [5.74, 6) is -2.80. The van der Waals surface area contributed by atoms with E-state index in [1.165, 1.54) is 18.2 Å². The van der Waals surface area contributed by atoms with Crippen LogP contribution in [-0.4, -0.2) is 27.8 Å². The molecule has 26 heavy (non-hydrogen) atoms. The molecule has 1 fully saturated rings. The lowest BCUT2D eigenvalue weighted by Crippen LogP contribution is -2.35. The van der Waals surface area contributed by atoms with Crippen molar-refractivity contribution in [2.45, 2.75) is 25.2 Å². The number of carbonyl (C=O) groups is 2. The molecule has 2 aliphatic carbocycles. The number of carbonyl (C=O) groups excluding carboxylic acids is 2. The Balaban J connectivity index is 1.62. The molecule has 1 heterocycles. The van der Waals surface area contributed by atoms with Crippen molar-refractivity contribution in [1.82, 2.24) is 9.97 Å². The number of rotatable bonds is 2. The van der Waals surface area contributed by atoms with Gasteiger partial charge in [0.2, 0.25) is 17.5 Å². The Kier molecular flexibility index (Phi) is 3.57. The smallest absolute Gasteiger partial charge is 0.326 e. The molecule has 0 bridgehead atoms. The van der Waals surface area contributed by atoms with Gasteiger partial charge in [-0.05, 0) is 30.5 Å². The SMILES string of the molecule is O=C1c2cc(NC(=O)C3CC(F)C3)ccc2-c2cnc(C(F)(F)F)nc21. The molecule has 1 aromatic carbocycles. The van der Waals surface area contributed by atoms with E-state index in [0.717, 1.165) is 6.20 Å². The second kappa shape index (κ2) is 5.58. The van der Waals surface area contributed by atoms with E-state index in [0.29, 0.717) is 11.3 Å². The van der Waals surface area contributed by atoms with Crippen LogP contribution >= 0.6 is 0 Å². The first kappa shape index (κ1) is 16.6. The number of hydrogen-bond donors (Lipinski definition) is 1. The van der Waals surface area contributed by atoms with E-state index in [1.54, 1.807) is 0 Å². The molecule has 1 N–H and O–H groups in total. The second-order valence-electron chi connectivity index (χ2n) is 6.30. The van der Waals surface area contributed by atoms with Gasteiger partial charge in [0, 0.05) is 28.9 Å². The highest BCUT2D eigenvalue weighted by molar-refractivity contribution is 6.21. The summed E-state index contributed by atoms with van der Waals surface area (Å²) >= 11 is 0. The second-order valence-corrected chi connectivity index (χ2v) is 6.30. The summed E-state index contributed by atoms with van der Waals surface area (Å²) in [4.78, 5) is 31.1. The highest BCUT2D eigenvalue weighted by Crippen LogP contribution is 2.38. The van der Waals surface area contributed by atoms with Gasteiger partial charge < -0.3 is 5.32 Å². The van der Waals surface area contributed by atoms with Crippen molar-refractivity contribution in [3.8, 4) is 11.1 Å². The molecule has 0 atom stereocenters. The third kappa shape index (κ3) is 2.63. The first-order chi connectivity index (χ1) is 12.2. The zero-order chi connectivity index (χ0) is 18.6. The molecule has 1 saturated carbocycles. The van der Waals surface area contributed by atoms with E-state index in [4.69, 9.17) is 0 Å². The topological polar surface area (TPSA) is 72.0 Å². The number of ketones is 1. The van der Waals surface area contributed by atoms with Gasteiger partial charge in [-0.25, -0.2) is 14.4 Å². The Morgan fingerprint density at radius 1 is 1.15 bits per heavy atom. The number of benzene rings is 1. The molecule has 0 aliphatic heterocycles. The van der Waals surface area contributed by atoms with Crippen molar-refractivity contribution in [2.24, 2.45) is 5.92 Å². The largest absolute Gasteiger partial charge is 0.451 e. The van der Waals surface area contributed by atoms with Crippen LogP contribution in [0.4, 0.5) is 23.2 Å². The van der Waals surface area contributed by atoms with Crippen molar-refractivity contribution in [3.63, 3.8) is 0 Å². The Labute approximate surface area is 144 Å². The number of hydrogen-bond acceptors (Lipinski definition) is 4. The van der Waals surface area contributed by atoms with E-state index < -0.39 is 29.9 Å². The molecule has 0 spiro atoms. The summed E-state index contributed by atoms with van der Waals surface area (Å²) in [6.07, 6.45) is -4.42. The number of halogens is 4. The molecular formula is C17H11F4N3O2. The summed E-state index contributed by atoms with van der Waals surface area (Å²) in [6.45, 7) is 0. The molecule has 4 rings (SSSR count). The molecule has 2 aromatic rings. The van der Waals surface area contributed by atoms with Crippen molar-refractivity contribution < 1.29 is 27.2 Å². The van der Waals surface area contributed by atoms with Gasteiger partial charge in [-0.1, -0.05) is 6.07 Å². The van der Waals surface area contributed by atoms with Crippen LogP contribution in [0.5, 0.6) is 0 Å². The minimum absolute atomic E-state index is 0.142. The number of alkyl halides is 4. The average molecular weight is 365 g/mol. The standard InChI is InChI=1S/C17H11F4N3O2/c18-8-3-7(4-8)15(26)23-9-1-2-10-11(5-9)14(25)13-12(10)6-22-16(24-13)17(19,20)21/h1-2,5-8H,3-4H2,(H,23,26). The predicted octanol–water partition coefficient (Wildman–Crippen LogP) is 3.39. The Bertz CT molecular complexity index is 936. The zero-order valence-electron chi connectivity index (χ0n) is 13.1. The molecule has 134 valence electrons. The third-order valence-corrected chi connectivity index (χ3v) is 4.53. The first-order valence-electron chi connectivity index (χ1n) is 7.82. The minimum atomic E-state index is -4.75. The summed E-state index contributed by atoms with van der Waals surface area (Å²) in [7, 11) is 0. The lowest BCUT2D eigenvalue weighted by Gasteiger charge is -2.28. The zero-order valence-corrected chi connectivity index (χ0v) is 13.1. The average Bonchev–Trinajstić information content (AvgIpc) is 2.83. The monoisotopic (exact) mass is 365 g/mol. The van der Waals surface area contributed by atoms with Crippen LogP contribution in [-0.2, 0) is 11.0 Å². The minimum Gasteiger partial charge on any atom is -0.326 e. The lowest BCUT2D eigenvalue weighted by molar-refractivity contribution is -0.145. The Morgan fingerprint density at radius 2 is 1.88 bits per heavy atom. The lowest BCUT2D eigenvalue weighted by atomic mass is 9.83. The number of nitrogens with zero attached hydrogens (tertiary/aromatic N) is 2. The Morgan fingerprint density at radius 3 is 2.54 bits per heavy atom. The highest BCUT2D eigenvalue weighted by atomic mass is 19.4. The van der Waals surface area contributed by atoms with Gasteiger partial charge in [0.05, 0.1) is 0 Å². The molecule has 0 radical (unpaired) electrons. The van der Waals surface area contributed by atoms with Crippen molar-refractivity contribution in [3.05, 3.63) is 41.5 Å². The fourth-order valence-electron chi connectivity index (χ4n) is 3.07. The summed E-state index contributed by atoms with van der Waals surface area (Å²) in [5, 5.41) is 2.60. The fourth-order valence-corrected chi connectivity index (χ4v) is 3.07. The molecule has 1 aromatic heterocycles. The van der Waals surface area contributed by atoms with Gasteiger partial charge in [0.1, 0.15) is 11.9 Å². The first-order valence-corrected chi connectivity index (χ1v) is 7.82. The maximum Gasteiger partial charge on any atom is 0.451 e. The normalized spacial score (nSPS) is 21.0. The van der Waals surface area contributed by atoms with Crippen LogP contribution in [0.2, 0.25) is 0 Å². The summed E-state index contributed by atoms with van der Waals surface area (Å²) in [6, 6.07) is 4.43. The van der Waals surface area contributed by atoms with E-state index in [2.05, 4.69) is 15.3 Å². The summed E-state index contributed by atoms with van der Waals surface area (Å²) in [5.41, 5.74) is 0.772. The Hall–Kier alpha value is -2.84. The van der Waals surface area contributed by atoms with Gasteiger partial charge in [-0.15, -0.1) is 0 Å². The van der Waals surface area contributed by atoms with E-state index >= 15 is 0 Å². The van der Waals surface area contributed by atoms with Gasteiger partial charge in [-0.3, -0.25) is 9.59 Å². The maximum absolute atomic E-state index is 12.8. The van der Waals surface area contributed by atoms with Crippen molar-refractivity contribution >= 4 is 17.4 Å². The number of nitrogens with one attached hydrogen (secondary N) is 1. The van der Waals surface area contributed by atoms with E-state index in [-0.39, 0.29) is 35.6 Å². The van der Waals surface area contributed by atoms with Gasteiger partial charge >= 0.3 is 6.18 Å². The molecule has 2 aliphatic rings. The van der Waals surface area contributed by atoms with E-state index in [9.17, 15) is 27.2 Å². The quantitative estimate of drug-likeness (QED) is 0.707. The van der Waals surface area contributed by atoms with Crippen LogP contribution < -0.4 is 5.32 Å². The maximum atomic E-state index is 12.8. The van der Waals surface area contributed by atoms with Gasteiger partial charge in [0.25, 0.3) is 0 Å². The molecule has 9 heteroatoms. The molecule has 1 amide bonds. The summed E-state index contributed by atoms with van der Waals surface area (Å²) < 4.78 is 51.1. The number of fused-ring (bicyclic) bond motifs is 3. The molecular weight excluding hydrogens is 354 g/mol. The van der Waals surface area contributed by atoms with Crippen LogP contribution in [0.15, 0.2) is 24.4 Å². The van der Waals surface area contributed by atoms with Crippen molar-refractivity contribution in [2.75, 3.05) is 5.32 Å². The van der Waals surface area contributed by atoms with Crippen LogP contribution in [0, 0.1) is 5.92 Å². The van der Waals surface area contributed by atoms with Crippen LogP contribution in [0.25, 0.3) is 11.1 Å².